The van der Waals surface area contributed by atoms with E-state index in [1.165, 1.54) is 19.3 Å². The highest BCUT2D eigenvalue weighted by atomic mass is 16.5. The normalized spacial score (nSPS) is 26.3. The summed E-state index contributed by atoms with van der Waals surface area (Å²) in [4.78, 5) is 12.1. The van der Waals surface area contributed by atoms with E-state index in [-0.39, 0.29) is 5.72 Å². The second-order valence-corrected chi connectivity index (χ2v) is 9.89. The van der Waals surface area contributed by atoms with Gasteiger partial charge >= 0.3 is 0 Å². The number of fused-ring (bicyclic) bond motifs is 2. The fourth-order valence-corrected chi connectivity index (χ4v) is 6.09. The second kappa shape index (κ2) is 8.61. The zero-order chi connectivity index (χ0) is 22.3. The lowest BCUT2D eigenvalue weighted by Crippen LogP contribution is -2.63. The molecule has 7 nitrogen and oxygen atoms in total. The number of nitrogens with zero attached hydrogens (tertiary/aromatic N) is 5. The summed E-state index contributed by atoms with van der Waals surface area (Å²) < 4.78 is 12.3. The predicted molar refractivity (Wildman–Crippen MR) is 128 cm³/mol. The number of anilines is 1. The molecular weight excluding hydrogens is 414 g/mol. The van der Waals surface area contributed by atoms with Crippen LogP contribution >= 0.6 is 0 Å². The van der Waals surface area contributed by atoms with Crippen LogP contribution in [0.4, 0.5) is 5.82 Å². The largest absolute Gasteiger partial charge is 0.456 e. The quantitative estimate of drug-likeness (QED) is 0.586. The predicted octanol–water partition coefficient (Wildman–Crippen LogP) is 4.01. The number of piperidine rings is 1. The number of hydrogen-bond acceptors (Lipinski definition) is 7. The Kier molecular flexibility index (Phi) is 5.46. The van der Waals surface area contributed by atoms with Crippen molar-refractivity contribution >= 4 is 16.8 Å². The monoisotopic (exact) mass is 447 g/mol. The van der Waals surface area contributed by atoms with E-state index in [0.29, 0.717) is 12.0 Å². The lowest BCUT2D eigenvalue weighted by atomic mass is 9.83. The summed E-state index contributed by atoms with van der Waals surface area (Å²) in [5, 5.41) is 5.52. The Hall–Kier alpha value is -2.64. The minimum Gasteiger partial charge on any atom is -0.456 e. The van der Waals surface area contributed by atoms with Crippen LogP contribution in [0, 0.1) is 5.92 Å². The number of hydrogen-bond donors (Lipinski definition) is 0. The van der Waals surface area contributed by atoms with E-state index in [2.05, 4.69) is 43.9 Å². The molecule has 33 heavy (non-hydrogen) atoms. The molecule has 0 amide bonds. The van der Waals surface area contributed by atoms with E-state index in [1.54, 1.807) is 0 Å². The SMILES string of the molecule is CC(Oc1ccccn1)([C@H]1CC[C@H]2CN(c3noc4ccccc34)CCN2C1)N1CCCC1. The van der Waals surface area contributed by atoms with Gasteiger partial charge in [-0.15, -0.1) is 0 Å². The standard InChI is InChI=1S/C26H33N5O2/c1-26(31-14-6-7-15-31,32-24-10-4-5-13-27-24)20-11-12-21-19-30(17-16-29(21)18-20)25-22-8-2-3-9-23(22)33-28-25/h2-5,8-10,13,20-21H,6-7,11-12,14-19H2,1H3/t20-,21-,26?/m0/s1. The van der Waals surface area contributed by atoms with Crippen molar-refractivity contribution < 1.29 is 9.26 Å². The highest BCUT2D eigenvalue weighted by Gasteiger charge is 2.47. The third-order valence-corrected chi connectivity index (χ3v) is 8.01. The lowest BCUT2D eigenvalue weighted by molar-refractivity contribution is -0.128. The summed E-state index contributed by atoms with van der Waals surface area (Å²) >= 11 is 0. The topological polar surface area (TPSA) is 57.9 Å². The van der Waals surface area contributed by atoms with Crippen molar-refractivity contribution in [2.75, 3.05) is 44.2 Å². The summed E-state index contributed by atoms with van der Waals surface area (Å²) in [6.07, 6.45) is 6.66. The van der Waals surface area contributed by atoms with Gasteiger partial charge in [0.15, 0.2) is 17.1 Å². The highest BCUT2D eigenvalue weighted by molar-refractivity contribution is 5.88. The van der Waals surface area contributed by atoms with Crippen molar-refractivity contribution in [1.82, 2.24) is 19.9 Å². The number of piperazine rings is 1. The molecule has 3 fully saturated rings. The molecule has 7 heteroatoms. The average Bonchev–Trinajstić information content (AvgIpc) is 3.55. The molecule has 0 N–H and O–H groups in total. The molecule has 3 aliphatic rings. The summed E-state index contributed by atoms with van der Waals surface area (Å²) in [7, 11) is 0. The number of likely N-dealkylation sites (tertiary alicyclic amines) is 1. The summed E-state index contributed by atoms with van der Waals surface area (Å²) in [6.45, 7) is 8.61. The van der Waals surface area contributed by atoms with Gasteiger partial charge in [-0.1, -0.05) is 23.4 Å². The van der Waals surface area contributed by atoms with Gasteiger partial charge in [0.1, 0.15) is 0 Å². The van der Waals surface area contributed by atoms with Gasteiger partial charge in [0, 0.05) is 63.5 Å². The molecule has 3 saturated heterocycles. The first-order valence-electron chi connectivity index (χ1n) is 12.4. The molecule has 0 saturated carbocycles. The van der Waals surface area contributed by atoms with Crippen LogP contribution in [0.1, 0.15) is 32.6 Å². The van der Waals surface area contributed by atoms with Gasteiger partial charge in [-0.25, -0.2) is 4.98 Å². The number of para-hydroxylation sites is 1. The molecule has 6 rings (SSSR count). The van der Waals surface area contributed by atoms with Crippen molar-refractivity contribution in [2.24, 2.45) is 5.92 Å². The van der Waals surface area contributed by atoms with Gasteiger partial charge < -0.3 is 14.2 Å². The molecule has 5 heterocycles. The van der Waals surface area contributed by atoms with Crippen LogP contribution in [0.15, 0.2) is 53.2 Å². The van der Waals surface area contributed by atoms with Gasteiger partial charge in [-0.05, 0) is 50.8 Å². The second-order valence-electron chi connectivity index (χ2n) is 9.89. The molecule has 0 aliphatic carbocycles. The zero-order valence-corrected chi connectivity index (χ0v) is 19.4. The van der Waals surface area contributed by atoms with Crippen molar-refractivity contribution in [1.29, 1.82) is 0 Å². The number of pyridine rings is 1. The van der Waals surface area contributed by atoms with Crippen molar-refractivity contribution in [3.63, 3.8) is 0 Å². The Morgan fingerprint density at radius 2 is 1.82 bits per heavy atom. The first-order chi connectivity index (χ1) is 16.2. The van der Waals surface area contributed by atoms with E-state index in [1.807, 2.05) is 36.5 Å². The molecule has 3 aliphatic heterocycles. The van der Waals surface area contributed by atoms with E-state index in [0.717, 1.165) is 68.4 Å². The molecule has 3 aromatic rings. The Balaban J connectivity index is 1.18. The van der Waals surface area contributed by atoms with Crippen molar-refractivity contribution in [3.8, 4) is 5.88 Å². The lowest BCUT2D eigenvalue weighted by Gasteiger charge is -2.52. The maximum atomic E-state index is 6.69. The molecule has 0 bridgehead atoms. The number of ether oxygens (including phenoxy) is 1. The zero-order valence-electron chi connectivity index (χ0n) is 19.4. The molecule has 2 aromatic heterocycles. The maximum Gasteiger partial charge on any atom is 0.214 e. The van der Waals surface area contributed by atoms with E-state index < -0.39 is 0 Å². The first kappa shape index (κ1) is 20.9. The van der Waals surface area contributed by atoms with Crippen LogP contribution in [-0.4, -0.2) is 71.0 Å². The molecule has 0 radical (unpaired) electrons. The molecule has 174 valence electrons. The Morgan fingerprint density at radius 1 is 0.970 bits per heavy atom. The number of aromatic nitrogens is 2. The van der Waals surface area contributed by atoms with Gasteiger partial charge in [0.05, 0.1) is 5.39 Å². The van der Waals surface area contributed by atoms with Crippen LogP contribution in [0.2, 0.25) is 0 Å². The minimum atomic E-state index is -0.324. The molecular formula is C26H33N5O2. The maximum absolute atomic E-state index is 6.69. The van der Waals surface area contributed by atoms with E-state index in [4.69, 9.17) is 9.26 Å². The van der Waals surface area contributed by atoms with Crippen LogP contribution in [0.5, 0.6) is 5.88 Å². The minimum absolute atomic E-state index is 0.324. The molecule has 1 unspecified atom stereocenters. The van der Waals surface area contributed by atoms with Gasteiger partial charge in [-0.2, -0.15) is 0 Å². The fourth-order valence-electron chi connectivity index (χ4n) is 6.09. The van der Waals surface area contributed by atoms with Crippen molar-refractivity contribution in [2.45, 2.75) is 44.4 Å². The smallest absolute Gasteiger partial charge is 0.214 e. The van der Waals surface area contributed by atoms with Crippen LogP contribution in [0.3, 0.4) is 0 Å². The van der Waals surface area contributed by atoms with E-state index >= 15 is 0 Å². The third kappa shape index (κ3) is 3.87. The molecule has 3 atom stereocenters. The van der Waals surface area contributed by atoms with Crippen molar-refractivity contribution in [3.05, 3.63) is 48.7 Å². The third-order valence-electron chi connectivity index (χ3n) is 8.01. The Labute approximate surface area is 195 Å². The summed E-state index contributed by atoms with van der Waals surface area (Å²) in [5.41, 5.74) is 0.543. The van der Waals surface area contributed by atoms with E-state index in [9.17, 15) is 0 Å². The molecule has 0 spiro atoms. The summed E-state index contributed by atoms with van der Waals surface area (Å²) in [5.74, 6) is 2.18. The van der Waals surface area contributed by atoms with Gasteiger partial charge in [-0.3, -0.25) is 9.80 Å². The Morgan fingerprint density at radius 3 is 2.67 bits per heavy atom. The average molecular weight is 448 g/mol. The van der Waals surface area contributed by atoms with Gasteiger partial charge in [0.2, 0.25) is 5.88 Å². The van der Waals surface area contributed by atoms with Crippen LogP contribution in [-0.2, 0) is 0 Å². The molecule has 1 aromatic carbocycles. The highest BCUT2D eigenvalue weighted by Crippen LogP contribution is 2.39. The number of benzene rings is 1. The van der Waals surface area contributed by atoms with Crippen LogP contribution < -0.4 is 9.64 Å². The van der Waals surface area contributed by atoms with Gasteiger partial charge in [0.25, 0.3) is 0 Å². The first-order valence-corrected chi connectivity index (χ1v) is 12.4. The summed E-state index contributed by atoms with van der Waals surface area (Å²) in [6, 6.07) is 14.7. The van der Waals surface area contributed by atoms with Crippen LogP contribution in [0.25, 0.3) is 11.0 Å². The number of rotatable bonds is 5. The fraction of sp³-hybridized carbons (Fsp3) is 0.538. The Bertz CT molecular complexity index is 1080.